The molecule has 0 N–H and O–H groups in total. The van der Waals surface area contributed by atoms with E-state index in [9.17, 15) is 0 Å². The normalized spacial score (nSPS) is 11.8. The van der Waals surface area contributed by atoms with Crippen molar-refractivity contribution in [3.63, 3.8) is 0 Å². The fourth-order valence-corrected chi connectivity index (χ4v) is 6.22. The van der Waals surface area contributed by atoms with Crippen LogP contribution in [0.25, 0.3) is 65.2 Å². The van der Waals surface area contributed by atoms with Gasteiger partial charge in [-0.05, 0) is 42.5 Å². The van der Waals surface area contributed by atoms with E-state index in [0.717, 1.165) is 38.7 Å². The number of nitrogens with zero attached hydrogens (tertiary/aromatic N) is 4. The van der Waals surface area contributed by atoms with Gasteiger partial charge in [-0.25, -0.2) is 9.97 Å². The molecule has 4 aromatic heterocycles. The monoisotopic (exact) mass is 492 g/mol. The van der Waals surface area contributed by atoms with Gasteiger partial charge in [0.2, 0.25) is 0 Å². The standard InChI is InChI=1S/C32H20N4S/c1-2-8-22(9-3-1)32-34-26-19-29-25(18-30(26)37-32)24-10-4-5-11-28(24)36(29)23-15-13-21(14-16-23)27-20-35-17-7-6-12-31(35)33-27/h1-20H. The van der Waals surface area contributed by atoms with Crippen LogP contribution in [0.15, 0.2) is 122 Å². The molecule has 0 fully saturated rings. The summed E-state index contributed by atoms with van der Waals surface area (Å²) in [4.78, 5) is 9.79. The van der Waals surface area contributed by atoms with Crippen molar-refractivity contribution in [2.45, 2.75) is 0 Å². The minimum Gasteiger partial charge on any atom is -0.309 e. The zero-order valence-corrected chi connectivity index (χ0v) is 20.6. The van der Waals surface area contributed by atoms with Gasteiger partial charge in [0.25, 0.3) is 0 Å². The lowest BCUT2D eigenvalue weighted by Gasteiger charge is -2.08. The van der Waals surface area contributed by atoms with Crippen LogP contribution in [0, 0.1) is 0 Å². The van der Waals surface area contributed by atoms with E-state index >= 15 is 0 Å². The van der Waals surface area contributed by atoms with Gasteiger partial charge in [0.05, 0.1) is 26.9 Å². The quantitative estimate of drug-likeness (QED) is 0.248. The van der Waals surface area contributed by atoms with Gasteiger partial charge in [-0.2, -0.15) is 0 Å². The Kier molecular flexibility index (Phi) is 4.36. The summed E-state index contributed by atoms with van der Waals surface area (Å²) in [5, 5.41) is 3.55. The van der Waals surface area contributed by atoms with Crippen LogP contribution in [0.1, 0.15) is 0 Å². The van der Waals surface area contributed by atoms with Gasteiger partial charge in [0, 0.05) is 40.0 Å². The summed E-state index contributed by atoms with van der Waals surface area (Å²) < 4.78 is 5.61. The Labute approximate surface area is 216 Å². The van der Waals surface area contributed by atoms with Crippen LogP contribution in [-0.2, 0) is 0 Å². The minimum absolute atomic E-state index is 0.950. The molecular formula is C32H20N4S. The summed E-state index contributed by atoms with van der Waals surface area (Å²) in [6, 6.07) is 38.3. The lowest BCUT2D eigenvalue weighted by Crippen LogP contribution is -1.93. The van der Waals surface area contributed by atoms with Crippen molar-refractivity contribution in [3.05, 3.63) is 122 Å². The molecular weight excluding hydrogens is 472 g/mol. The van der Waals surface area contributed by atoms with E-state index in [1.807, 2.05) is 30.5 Å². The fourth-order valence-electron chi connectivity index (χ4n) is 5.23. The molecule has 37 heavy (non-hydrogen) atoms. The van der Waals surface area contributed by atoms with E-state index in [1.54, 1.807) is 11.3 Å². The smallest absolute Gasteiger partial charge is 0.137 e. The SMILES string of the molecule is c1ccc(-c2nc3cc4c(cc3s2)c2ccccc2n4-c2ccc(-c3cn4ccccc4n3)cc2)cc1. The second-order valence-corrected chi connectivity index (χ2v) is 10.2. The Hall–Kier alpha value is -4.74. The summed E-state index contributed by atoms with van der Waals surface area (Å²) >= 11 is 1.75. The summed E-state index contributed by atoms with van der Waals surface area (Å²) in [5.74, 6) is 0. The number of pyridine rings is 1. The fraction of sp³-hybridized carbons (Fsp3) is 0. The van der Waals surface area contributed by atoms with Crippen LogP contribution in [0.2, 0.25) is 0 Å². The maximum absolute atomic E-state index is 5.01. The molecule has 0 radical (unpaired) electrons. The number of imidazole rings is 1. The number of fused-ring (bicyclic) bond motifs is 5. The van der Waals surface area contributed by atoms with Crippen LogP contribution in [0.5, 0.6) is 0 Å². The average Bonchev–Trinajstić information content (AvgIpc) is 3.66. The maximum Gasteiger partial charge on any atom is 0.137 e. The van der Waals surface area contributed by atoms with Crippen molar-refractivity contribution >= 4 is 49.0 Å². The topological polar surface area (TPSA) is 35.1 Å². The van der Waals surface area contributed by atoms with E-state index in [-0.39, 0.29) is 0 Å². The molecule has 0 aliphatic rings. The van der Waals surface area contributed by atoms with Crippen LogP contribution >= 0.6 is 11.3 Å². The molecule has 5 heteroatoms. The molecule has 0 saturated carbocycles. The van der Waals surface area contributed by atoms with Gasteiger partial charge in [-0.1, -0.05) is 66.7 Å². The van der Waals surface area contributed by atoms with Crippen LogP contribution < -0.4 is 0 Å². The van der Waals surface area contributed by atoms with Crippen molar-refractivity contribution in [1.29, 1.82) is 0 Å². The summed E-state index contributed by atoms with van der Waals surface area (Å²) in [6.07, 6.45) is 4.11. The molecule has 0 unspecified atom stereocenters. The number of benzene rings is 4. The Balaban J connectivity index is 1.30. The molecule has 8 rings (SSSR count). The number of hydrogen-bond donors (Lipinski definition) is 0. The van der Waals surface area contributed by atoms with Crippen molar-refractivity contribution in [1.82, 2.24) is 18.9 Å². The zero-order chi connectivity index (χ0) is 24.3. The maximum atomic E-state index is 5.01. The van der Waals surface area contributed by atoms with Crippen LogP contribution in [0.4, 0.5) is 0 Å². The third kappa shape index (κ3) is 3.21. The summed E-state index contributed by atoms with van der Waals surface area (Å²) in [5.41, 5.74) is 8.69. The van der Waals surface area contributed by atoms with E-state index in [1.165, 1.54) is 26.5 Å². The van der Waals surface area contributed by atoms with Crippen molar-refractivity contribution in [3.8, 4) is 27.5 Å². The molecule has 4 heterocycles. The number of para-hydroxylation sites is 1. The highest BCUT2D eigenvalue weighted by Crippen LogP contribution is 2.38. The van der Waals surface area contributed by atoms with E-state index < -0.39 is 0 Å². The highest BCUT2D eigenvalue weighted by molar-refractivity contribution is 7.21. The first-order valence-electron chi connectivity index (χ1n) is 12.3. The number of thiazole rings is 1. The molecule has 0 atom stereocenters. The van der Waals surface area contributed by atoms with E-state index in [0.29, 0.717) is 0 Å². The highest BCUT2D eigenvalue weighted by atomic mass is 32.1. The van der Waals surface area contributed by atoms with Crippen LogP contribution in [0.3, 0.4) is 0 Å². The molecule has 0 saturated heterocycles. The number of rotatable bonds is 3. The molecule has 174 valence electrons. The summed E-state index contributed by atoms with van der Waals surface area (Å²) in [6.45, 7) is 0. The molecule has 0 amide bonds. The average molecular weight is 493 g/mol. The largest absolute Gasteiger partial charge is 0.309 e. The minimum atomic E-state index is 0.950. The van der Waals surface area contributed by atoms with Gasteiger partial charge in [-0.3, -0.25) is 0 Å². The molecule has 4 aromatic carbocycles. The summed E-state index contributed by atoms with van der Waals surface area (Å²) in [7, 11) is 0. The molecule has 0 spiro atoms. The van der Waals surface area contributed by atoms with Gasteiger partial charge < -0.3 is 8.97 Å². The molecule has 4 nitrogen and oxygen atoms in total. The molecule has 0 aliphatic carbocycles. The third-order valence-electron chi connectivity index (χ3n) is 6.99. The Morgan fingerprint density at radius 3 is 2.30 bits per heavy atom. The van der Waals surface area contributed by atoms with E-state index in [4.69, 9.17) is 9.97 Å². The number of aromatic nitrogens is 4. The first kappa shape index (κ1) is 20.5. The van der Waals surface area contributed by atoms with Crippen molar-refractivity contribution < 1.29 is 0 Å². The van der Waals surface area contributed by atoms with Gasteiger partial charge in [-0.15, -0.1) is 11.3 Å². The van der Waals surface area contributed by atoms with Crippen molar-refractivity contribution in [2.75, 3.05) is 0 Å². The molecule has 0 bridgehead atoms. The molecule has 8 aromatic rings. The molecule has 0 aliphatic heterocycles. The predicted octanol–water partition coefficient (Wildman–Crippen LogP) is 8.38. The lowest BCUT2D eigenvalue weighted by molar-refractivity contribution is 1.18. The second-order valence-electron chi connectivity index (χ2n) is 9.21. The Morgan fingerprint density at radius 2 is 1.43 bits per heavy atom. The van der Waals surface area contributed by atoms with Gasteiger partial charge >= 0.3 is 0 Å². The highest BCUT2D eigenvalue weighted by Gasteiger charge is 2.16. The lowest BCUT2D eigenvalue weighted by atomic mass is 10.1. The van der Waals surface area contributed by atoms with Crippen molar-refractivity contribution in [2.24, 2.45) is 0 Å². The Bertz CT molecular complexity index is 2050. The van der Waals surface area contributed by atoms with Crippen LogP contribution in [-0.4, -0.2) is 18.9 Å². The van der Waals surface area contributed by atoms with Gasteiger partial charge in [0.1, 0.15) is 10.7 Å². The Morgan fingerprint density at radius 1 is 0.622 bits per heavy atom. The van der Waals surface area contributed by atoms with Gasteiger partial charge in [0.15, 0.2) is 0 Å². The first-order valence-corrected chi connectivity index (χ1v) is 13.1. The third-order valence-corrected chi connectivity index (χ3v) is 8.06. The number of hydrogen-bond acceptors (Lipinski definition) is 3. The zero-order valence-electron chi connectivity index (χ0n) is 19.7. The van der Waals surface area contributed by atoms with E-state index in [2.05, 4.69) is 100 Å². The predicted molar refractivity (Wildman–Crippen MR) is 154 cm³/mol. The first-order chi connectivity index (χ1) is 18.3. The second kappa shape index (κ2) is 7.88.